The third kappa shape index (κ3) is 4.50. The van der Waals surface area contributed by atoms with Crippen LogP contribution in [0.25, 0.3) is 22.2 Å². The predicted molar refractivity (Wildman–Crippen MR) is 146 cm³/mol. The van der Waals surface area contributed by atoms with E-state index < -0.39 is 0 Å². The minimum absolute atomic E-state index is 0.165. The first-order chi connectivity index (χ1) is 17.5. The first-order valence-electron chi connectivity index (χ1n) is 13.1. The number of benzene rings is 2. The second-order valence-corrected chi connectivity index (χ2v) is 9.96. The van der Waals surface area contributed by atoms with E-state index in [0.29, 0.717) is 18.4 Å². The number of fused-ring (bicyclic) bond motifs is 1. The standard InChI is InChI=1S/C29H35N5O2/c1-3-36-23-14-15-24-25(16-23)34(22-8-5-9-22)28(26(24)27(31)18(2)17-30)19-10-12-21(13-11-19)33-29(35)32-20-6-4-7-20/h10-18,20,22,30-31H,3-9H2,1-2H3,(H2,32,33,35). The summed E-state index contributed by atoms with van der Waals surface area (Å²) in [4.78, 5) is 12.3. The molecule has 1 aromatic heterocycles. The highest BCUT2D eigenvalue weighted by molar-refractivity contribution is 6.19. The fourth-order valence-corrected chi connectivity index (χ4v) is 5.05. The molecule has 36 heavy (non-hydrogen) atoms. The minimum Gasteiger partial charge on any atom is -0.494 e. The minimum atomic E-state index is -0.299. The summed E-state index contributed by atoms with van der Waals surface area (Å²) in [6.45, 7) is 4.47. The van der Waals surface area contributed by atoms with Crippen molar-refractivity contribution in [2.75, 3.05) is 11.9 Å². The lowest BCUT2D eigenvalue weighted by Crippen LogP contribution is -2.41. The number of nitrogens with one attached hydrogen (secondary N) is 4. The molecule has 1 unspecified atom stereocenters. The first-order valence-corrected chi connectivity index (χ1v) is 13.1. The molecular formula is C29H35N5O2. The van der Waals surface area contributed by atoms with Gasteiger partial charge in [0.25, 0.3) is 0 Å². The number of rotatable bonds is 9. The molecular weight excluding hydrogens is 450 g/mol. The molecule has 5 rings (SSSR count). The SMILES string of the molecule is CCOc1ccc2c(C(=N)C(C)C=N)c(-c3ccc(NC(=O)NC4CCC4)cc3)n(C3CCC3)c2c1. The number of urea groups is 1. The van der Waals surface area contributed by atoms with Gasteiger partial charge in [0.2, 0.25) is 0 Å². The van der Waals surface area contributed by atoms with E-state index >= 15 is 0 Å². The number of ether oxygens (including phenoxy) is 1. The van der Waals surface area contributed by atoms with E-state index in [0.717, 1.165) is 64.8 Å². The van der Waals surface area contributed by atoms with Crippen LogP contribution in [0.3, 0.4) is 0 Å². The van der Waals surface area contributed by atoms with Crippen LogP contribution in [-0.2, 0) is 0 Å². The second-order valence-electron chi connectivity index (χ2n) is 9.96. The monoisotopic (exact) mass is 485 g/mol. The number of amides is 2. The highest BCUT2D eigenvalue weighted by atomic mass is 16.5. The van der Waals surface area contributed by atoms with Crippen molar-refractivity contribution in [3.8, 4) is 17.0 Å². The molecule has 2 aliphatic carbocycles. The molecule has 1 heterocycles. The molecule has 2 saturated carbocycles. The smallest absolute Gasteiger partial charge is 0.319 e. The quantitative estimate of drug-likeness (QED) is 0.252. The summed E-state index contributed by atoms with van der Waals surface area (Å²) >= 11 is 0. The zero-order valence-corrected chi connectivity index (χ0v) is 21.1. The van der Waals surface area contributed by atoms with Crippen LogP contribution < -0.4 is 15.4 Å². The van der Waals surface area contributed by atoms with Gasteiger partial charge in [0, 0.05) is 52.6 Å². The average Bonchev–Trinajstić information content (AvgIpc) is 3.14. The van der Waals surface area contributed by atoms with Crippen molar-refractivity contribution < 1.29 is 9.53 Å². The summed E-state index contributed by atoms with van der Waals surface area (Å²) in [5, 5.41) is 23.8. The summed E-state index contributed by atoms with van der Waals surface area (Å²) in [5.74, 6) is 0.525. The van der Waals surface area contributed by atoms with Crippen LogP contribution >= 0.6 is 0 Å². The zero-order chi connectivity index (χ0) is 25.2. The number of aromatic nitrogens is 1. The lowest BCUT2D eigenvalue weighted by molar-refractivity contribution is 0.240. The maximum atomic E-state index is 12.3. The van der Waals surface area contributed by atoms with E-state index in [-0.39, 0.29) is 18.0 Å². The predicted octanol–water partition coefficient (Wildman–Crippen LogP) is 6.76. The number of hydrogen-bond acceptors (Lipinski definition) is 4. The summed E-state index contributed by atoms with van der Waals surface area (Å²) in [6, 6.07) is 14.5. The second kappa shape index (κ2) is 10.2. The Morgan fingerprint density at radius 3 is 2.44 bits per heavy atom. The van der Waals surface area contributed by atoms with Crippen LogP contribution in [0.1, 0.15) is 64.0 Å². The highest BCUT2D eigenvalue weighted by Crippen LogP contribution is 2.44. The van der Waals surface area contributed by atoms with Gasteiger partial charge in [0.15, 0.2) is 0 Å². The van der Waals surface area contributed by atoms with Crippen LogP contribution in [0.5, 0.6) is 5.75 Å². The van der Waals surface area contributed by atoms with Gasteiger partial charge in [0.1, 0.15) is 5.75 Å². The largest absolute Gasteiger partial charge is 0.494 e. The van der Waals surface area contributed by atoms with Crippen molar-refractivity contribution in [1.82, 2.24) is 9.88 Å². The molecule has 3 aromatic rings. The fraction of sp³-hybridized carbons (Fsp3) is 0.414. The van der Waals surface area contributed by atoms with Crippen molar-refractivity contribution >= 4 is 34.5 Å². The maximum absolute atomic E-state index is 12.3. The molecule has 4 N–H and O–H groups in total. The van der Waals surface area contributed by atoms with Gasteiger partial charge in [-0.05, 0) is 75.3 Å². The Morgan fingerprint density at radius 1 is 1.14 bits per heavy atom. The van der Waals surface area contributed by atoms with Crippen molar-refractivity contribution in [2.45, 2.75) is 64.5 Å². The average molecular weight is 486 g/mol. The Kier molecular flexibility index (Phi) is 6.81. The molecule has 2 aliphatic rings. The van der Waals surface area contributed by atoms with Gasteiger partial charge in [-0.25, -0.2) is 4.79 Å². The van der Waals surface area contributed by atoms with Gasteiger partial charge in [0.05, 0.1) is 17.8 Å². The number of hydrogen-bond donors (Lipinski definition) is 4. The molecule has 1 atom stereocenters. The van der Waals surface area contributed by atoms with Crippen LogP contribution in [0.4, 0.5) is 10.5 Å². The van der Waals surface area contributed by atoms with Crippen molar-refractivity contribution in [3.63, 3.8) is 0 Å². The summed E-state index contributed by atoms with van der Waals surface area (Å²) in [6.07, 6.45) is 8.00. The van der Waals surface area contributed by atoms with Crippen molar-refractivity contribution in [1.29, 1.82) is 10.8 Å². The molecule has 2 amide bonds. The number of anilines is 1. The number of carbonyl (C=O) groups excluding carboxylic acids is 1. The van der Waals surface area contributed by atoms with Gasteiger partial charge in [-0.3, -0.25) is 0 Å². The molecule has 0 bridgehead atoms. The molecule has 0 spiro atoms. The lowest BCUT2D eigenvalue weighted by Gasteiger charge is -2.30. The molecule has 2 aromatic carbocycles. The topological polar surface area (TPSA) is 103 Å². The van der Waals surface area contributed by atoms with E-state index in [1.165, 1.54) is 19.1 Å². The lowest BCUT2D eigenvalue weighted by atomic mass is 9.91. The number of nitrogens with zero attached hydrogens (tertiary/aromatic N) is 1. The van der Waals surface area contributed by atoms with Crippen LogP contribution in [-0.4, -0.2) is 35.2 Å². The summed E-state index contributed by atoms with van der Waals surface area (Å²) < 4.78 is 8.21. The zero-order valence-electron chi connectivity index (χ0n) is 21.1. The molecule has 7 nitrogen and oxygen atoms in total. The van der Waals surface area contributed by atoms with E-state index in [1.807, 2.05) is 44.2 Å². The van der Waals surface area contributed by atoms with E-state index in [1.54, 1.807) is 0 Å². The third-order valence-electron chi connectivity index (χ3n) is 7.56. The van der Waals surface area contributed by atoms with Crippen LogP contribution in [0.2, 0.25) is 0 Å². The van der Waals surface area contributed by atoms with Crippen LogP contribution in [0, 0.1) is 16.7 Å². The molecule has 7 heteroatoms. The summed E-state index contributed by atoms with van der Waals surface area (Å²) in [5.41, 5.74) is 5.13. The number of carbonyl (C=O) groups is 1. The van der Waals surface area contributed by atoms with Gasteiger partial charge in [-0.2, -0.15) is 0 Å². The van der Waals surface area contributed by atoms with E-state index in [2.05, 4.69) is 27.3 Å². The molecule has 0 aliphatic heterocycles. The van der Waals surface area contributed by atoms with Gasteiger partial charge in [-0.15, -0.1) is 0 Å². The molecule has 2 fully saturated rings. The molecule has 188 valence electrons. The van der Waals surface area contributed by atoms with Gasteiger partial charge < -0.3 is 30.8 Å². The third-order valence-corrected chi connectivity index (χ3v) is 7.56. The first kappa shape index (κ1) is 24.1. The Labute approximate surface area is 212 Å². The summed E-state index contributed by atoms with van der Waals surface area (Å²) in [7, 11) is 0. The fourth-order valence-electron chi connectivity index (χ4n) is 5.05. The van der Waals surface area contributed by atoms with Gasteiger partial charge >= 0.3 is 6.03 Å². The Balaban J connectivity index is 1.59. The normalized spacial score (nSPS) is 16.6. The van der Waals surface area contributed by atoms with E-state index in [4.69, 9.17) is 15.6 Å². The molecule has 0 radical (unpaired) electrons. The Bertz CT molecular complexity index is 1290. The van der Waals surface area contributed by atoms with E-state index in [9.17, 15) is 4.79 Å². The maximum Gasteiger partial charge on any atom is 0.319 e. The van der Waals surface area contributed by atoms with Crippen molar-refractivity contribution in [2.24, 2.45) is 5.92 Å². The molecule has 0 saturated heterocycles. The Hall–Kier alpha value is -3.61. The van der Waals surface area contributed by atoms with Gasteiger partial charge in [-0.1, -0.05) is 19.1 Å². The van der Waals surface area contributed by atoms with Crippen LogP contribution in [0.15, 0.2) is 42.5 Å². The Morgan fingerprint density at radius 2 is 1.86 bits per heavy atom. The highest BCUT2D eigenvalue weighted by Gasteiger charge is 2.30. The van der Waals surface area contributed by atoms with Crippen molar-refractivity contribution in [3.05, 3.63) is 48.0 Å².